The maximum Gasteiger partial charge on any atom is 0.237 e. The molecule has 5 heteroatoms. The molecule has 0 aromatic rings. The zero-order chi connectivity index (χ0) is 10.5. The van der Waals surface area contributed by atoms with Crippen molar-refractivity contribution in [1.82, 2.24) is 10.6 Å². The van der Waals surface area contributed by atoms with Gasteiger partial charge < -0.3 is 10.6 Å². The van der Waals surface area contributed by atoms with Crippen LogP contribution in [0.4, 0.5) is 0 Å². The van der Waals surface area contributed by atoms with Crippen molar-refractivity contribution in [3.8, 4) is 0 Å². The lowest BCUT2D eigenvalue weighted by molar-refractivity contribution is -0.122. The van der Waals surface area contributed by atoms with Crippen LogP contribution < -0.4 is 10.6 Å². The molecule has 0 bridgehead atoms. The zero-order valence-corrected chi connectivity index (χ0v) is 10.5. The van der Waals surface area contributed by atoms with E-state index in [1.165, 1.54) is 17.3 Å². The average molecular weight is 246 g/mol. The summed E-state index contributed by atoms with van der Waals surface area (Å²) in [5.74, 6) is 3.87. The summed E-state index contributed by atoms with van der Waals surface area (Å²) < 4.78 is 0. The minimum Gasteiger partial charge on any atom is -0.354 e. The molecular formula is C10H18N2OS2. The molecule has 2 aliphatic rings. The lowest BCUT2D eigenvalue weighted by Gasteiger charge is -2.22. The van der Waals surface area contributed by atoms with Crippen molar-refractivity contribution in [3.05, 3.63) is 0 Å². The van der Waals surface area contributed by atoms with Gasteiger partial charge in [0.1, 0.15) is 0 Å². The third kappa shape index (κ3) is 3.57. The van der Waals surface area contributed by atoms with Crippen molar-refractivity contribution >= 4 is 29.4 Å². The number of nitrogens with one attached hydrogen (secondary N) is 2. The molecular weight excluding hydrogens is 228 g/mol. The van der Waals surface area contributed by atoms with Crippen molar-refractivity contribution in [1.29, 1.82) is 0 Å². The Kier molecular flexibility index (Phi) is 4.65. The number of hydrogen-bond acceptors (Lipinski definition) is 4. The van der Waals surface area contributed by atoms with E-state index in [2.05, 4.69) is 10.6 Å². The Bertz CT molecular complexity index is 213. The van der Waals surface area contributed by atoms with Gasteiger partial charge >= 0.3 is 0 Å². The topological polar surface area (TPSA) is 41.1 Å². The standard InChI is InChI=1S/C10H18N2OS2/c13-10(9-2-1-3-11-9)12-6-8-7-14-4-5-15-8/h8-9,11H,1-7H2,(H,12,13). The van der Waals surface area contributed by atoms with E-state index in [4.69, 9.17) is 0 Å². The number of rotatable bonds is 3. The van der Waals surface area contributed by atoms with Crippen LogP contribution in [-0.4, -0.2) is 47.5 Å². The molecule has 2 aliphatic heterocycles. The summed E-state index contributed by atoms with van der Waals surface area (Å²) in [6.07, 6.45) is 2.13. The first-order chi connectivity index (χ1) is 7.36. The van der Waals surface area contributed by atoms with Crippen LogP contribution >= 0.6 is 23.5 Å². The third-order valence-corrected chi connectivity index (χ3v) is 5.61. The minimum atomic E-state index is 0.0752. The molecule has 15 heavy (non-hydrogen) atoms. The summed E-state index contributed by atoms with van der Waals surface area (Å²) in [6.45, 7) is 1.83. The van der Waals surface area contributed by atoms with Crippen LogP contribution in [0.3, 0.4) is 0 Å². The van der Waals surface area contributed by atoms with Crippen LogP contribution in [0, 0.1) is 0 Å². The highest BCUT2D eigenvalue weighted by Crippen LogP contribution is 2.23. The van der Waals surface area contributed by atoms with Crippen LogP contribution in [-0.2, 0) is 4.79 Å². The van der Waals surface area contributed by atoms with E-state index in [1.807, 2.05) is 23.5 Å². The van der Waals surface area contributed by atoms with Gasteiger partial charge in [0.05, 0.1) is 6.04 Å². The molecule has 86 valence electrons. The number of carbonyl (C=O) groups excluding carboxylic acids is 1. The van der Waals surface area contributed by atoms with E-state index in [9.17, 15) is 4.79 Å². The van der Waals surface area contributed by atoms with Crippen LogP contribution in [0.15, 0.2) is 0 Å². The molecule has 0 spiro atoms. The van der Waals surface area contributed by atoms with Gasteiger partial charge in [-0.2, -0.15) is 23.5 Å². The lowest BCUT2D eigenvalue weighted by Crippen LogP contribution is -2.43. The molecule has 0 saturated carbocycles. The van der Waals surface area contributed by atoms with Crippen LogP contribution in [0.5, 0.6) is 0 Å². The van der Waals surface area contributed by atoms with Gasteiger partial charge in [-0.3, -0.25) is 4.79 Å². The maximum absolute atomic E-state index is 11.7. The van der Waals surface area contributed by atoms with Crippen LogP contribution in [0.1, 0.15) is 12.8 Å². The molecule has 1 amide bonds. The Morgan fingerprint density at radius 1 is 1.47 bits per heavy atom. The first-order valence-corrected chi connectivity index (χ1v) is 7.77. The molecule has 2 N–H and O–H groups in total. The number of carbonyl (C=O) groups is 1. The first kappa shape index (κ1) is 11.6. The molecule has 2 unspecified atom stereocenters. The zero-order valence-electron chi connectivity index (χ0n) is 8.83. The quantitative estimate of drug-likeness (QED) is 0.769. The van der Waals surface area contributed by atoms with Gasteiger partial charge in [0, 0.05) is 29.1 Å². The van der Waals surface area contributed by atoms with E-state index < -0.39 is 0 Å². The van der Waals surface area contributed by atoms with Crippen molar-refractivity contribution < 1.29 is 4.79 Å². The first-order valence-electron chi connectivity index (χ1n) is 5.57. The Balaban J connectivity index is 1.65. The summed E-state index contributed by atoms with van der Waals surface area (Å²) in [5, 5.41) is 6.90. The predicted octanol–water partition coefficient (Wildman–Crippen LogP) is 0.703. The Morgan fingerprint density at radius 2 is 2.40 bits per heavy atom. The van der Waals surface area contributed by atoms with Crippen LogP contribution in [0.2, 0.25) is 0 Å². The van der Waals surface area contributed by atoms with Crippen LogP contribution in [0.25, 0.3) is 0 Å². The van der Waals surface area contributed by atoms with E-state index >= 15 is 0 Å². The molecule has 2 fully saturated rings. The van der Waals surface area contributed by atoms with Gasteiger partial charge in [-0.25, -0.2) is 0 Å². The molecule has 0 aliphatic carbocycles. The Hall–Kier alpha value is 0.130. The van der Waals surface area contributed by atoms with E-state index in [0.717, 1.165) is 25.9 Å². The van der Waals surface area contributed by atoms with Crippen molar-refractivity contribution in [2.45, 2.75) is 24.1 Å². The summed E-state index contributed by atoms with van der Waals surface area (Å²) >= 11 is 3.99. The highest BCUT2D eigenvalue weighted by molar-refractivity contribution is 8.06. The molecule has 2 atom stereocenters. The number of thioether (sulfide) groups is 2. The molecule has 3 nitrogen and oxygen atoms in total. The van der Waals surface area contributed by atoms with Crippen molar-refractivity contribution in [2.24, 2.45) is 0 Å². The largest absolute Gasteiger partial charge is 0.354 e. The fourth-order valence-electron chi connectivity index (χ4n) is 1.90. The summed E-state index contributed by atoms with van der Waals surface area (Å²) in [4.78, 5) is 11.7. The Labute approximate surface area is 99.5 Å². The SMILES string of the molecule is O=C(NCC1CSCCS1)C1CCCN1. The minimum absolute atomic E-state index is 0.0752. The van der Waals surface area contributed by atoms with Crippen molar-refractivity contribution in [2.75, 3.05) is 30.3 Å². The fraction of sp³-hybridized carbons (Fsp3) is 0.900. The number of amides is 1. The van der Waals surface area contributed by atoms with Gasteiger partial charge in [-0.15, -0.1) is 0 Å². The average Bonchev–Trinajstić information content (AvgIpc) is 2.81. The van der Waals surface area contributed by atoms with Gasteiger partial charge in [0.15, 0.2) is 0 Å². The molecule has 0 aromatic heterocycles. The molecule has 2 rings (SSSR count). The van der Waals surface area contributed by atoms with Gasteiger partial charge in [-0.05, 0) is 19.4 Å². The molecule has 2 saturated heterocycles. The fourth-order valence-corrected chi connectivity index (χ4v) is 4.51. The second kappa shape index (κ2) is 6.01. The predicted molar refractivity (Wildman–Crippen MR) is 67.6 cm³/mol. The summed E-state index contributed by atoms with van der Waals surface area (Å²) in [5.41, 5.74) is 0. The second-order valence-electron chi connectivity index (χ2n) is 3.96. The maximum atomic E-state index is 11.7. The van der Waals surface area contributed by atoms with Gasteiger partial charge in [0.2, 0.25) is 5.91 Å². The summed E-state index contributed by atoms with van der Waals surface area (Å²) in [7, 11) is 0. The van der Waals surface area contributed by atoms with Gasteiger partial charge in [-0.1, -0.05) is 0 Å². The highest BCUT2D eigenvalue weighted by atomic mass is 32.2. The van der Waals surface area contributed by atoms with E-state index in [-0.39, 0.29) is 11.9 Å². The molecule has 2 heterocycles. The lowest BCUT2D eigenvalue weighted by atomic mass is 10.2. The monoisotopic (exact) mass is 246 g/mol. The summed E-state index contributed by atoms with van der Waals surface area (Å²) in [6, 6.07) is 0.0752. The van der Waals surface area contributed by atoms with Crippen molar-refractivity contribution in [3.63, 3.8) is 0 Å². The highest BCUT2D eigenvalue weighted by Gasteiger charge is 2.23. The smallest absolute Gasteiger partial charge is 0.237 e. The second-order valence-corrected chi connectivity index (χ2v) is 6.52. The third-order valence-electron chi connectivity index (χ3n) is 2.77. The normalized spacial score (nSPS) is 31.5. The van der Waals surface area contributed by atoms with E-state index in [0.29, 0.717) is 5.25 Å². The molecule has 0 aromatic carbocycles. The van der Waals surface area contributed by atoms with Gasteiger partial charge in [0.25, 0.3) is 0 Å². The Morgan fingerprint density at radius 3 is 3.07 bits per heavy atom. The number of hydrogen-bond donors (Lipinski definition) is 2. The van der Waals surface area contributed by atoms with E-state index in [1.54, 1.807) is 0 Å². The molecule has 0 radical (unpaired) electrons.